The average molecular weight is 237 g/mol. The topological polar surface area (TPSA) is 119 Å². The van der Waals surface area contributed by atoms with Crippen molar-refractivity contribution in [3.05, 3.63) is 23.9 Å². The molecule has 0 atom stereocenters. The minimum Gasteiger partial charge on any atom is -0.308 e. The summed E-state index contributed by atoms with van der Waals surface area (Å²) in [6.45, 7) is 0. The summed E-state index contributed by atoms with van der Waals surface area (Å²) in [6, 6.07) is 3.18. The van der Waals surface area contributed by atoms with Gasteiger partial charge in [0, 0.05) is 17.7 Å². The molecule has 2 heterocycles. The van der Waals surface area contributed by atoms with Crippen LogP contribution in [0.3, 0.4) is 0 Å². The van der Waals surface area contributed by atoms with E-state index in [1.165, 1.54) is 6.20 Å². The van der Waals surface area contributed by atoms with E-state index in [-0.39, 0.29) is 5.91 Å². The van der Waals surface area contributed by atoms with E-state index in [4.69, 9.17) is 5.84 Å². The van der Waals surface area contributed by atoms with Crippen molar-refractivity contribution in [1.29, 1.82) is 0 Å². The molecule has 0 saturated heterocycles. The third kappa shape index (κ3) is 2.27. The molecule has 2 aromatic rings. The van der Waals surface area contributed by atoms with E-state index in [1.807, 2.05) is 0 Å². The van der Waals surface area contributed by atoms with E-state index < -0.39 is 0 Å². The van der Waals surface area contributed by atoms with Crippen LogP contribution >= 0.6 is 11.5 Å². The lowest BCUT2D eigenvalue weighted by Gasteiger charge is -2.01. The van der Waals surface area contributed by atoms with Gasteiger partial charge in [-0.15, -0.1) is 0 Å². The molecular formula is C7H7N7OS. The molecule has 0 radical (unpaired) electrons. The third-order valence-electron chi connectivity index (χ3n) is 1.69. The lowest BCUT2D eigenvalue weighted by Crippen LogP contribution is -2.13. The summed E-state index contributed by atoms with van der Waals surface area (Å²) in [5.74, 6) is 5.30. The Morgan fingerprint density at radius 1 is 1.44 bits per heavy atom. The number of hydrazine groups is 1. The van der Waals surface area contributed by atoms with Crippen LogP contribution in [-0.2, 0) is 0 Å². The summed E-state index contributed by atoms with van der Waals surface area (Å²) in [6.07, 6.45) is 1.40. The van der Waals surface area contributed by atoms with Gasteiger partial charge < -0.3 is 5.43 Å². The highest BCUT2D eigenvalue weighted by Crippen LogP contribution is 2.09. The van der Waals surface area contributed by atoms with Gasteiger partial charge in [0.25, 0.3) is 5.91 Å². The van der Waals surface area contributed by atoms with Crippen LogP contribution in [-0.4, -0.2) is 25.7 Å². The predicted molar refractivity (Wildman–Crippen MR) is 57.7 cm³/mol. The Morgan fingerprint density at radius 3 is 2.88 bits per heavy atom. The zero-order valence-corrected chi connectivity index (χ0v) is 8.73. The molecule has 9 heteroatoms. The Morgan fingerprint density at radius 2 is 2.31 bits per heavy atom. The molecule has 0 saturated carbocycles. The van der Waals surface area contributed by atoms with Gasteiger partial charge in [-0.3, -0.25) is 10.1 Å². The second kappa shape index (κ2) is 4.59. The van der Waals surface area contributed by atoms with Gasteiger partial charge in [-0.05, 0) is 17.3 Å². The van der Waals surface area contributed by atoms with Gasteiger partial charge >= 0.3 is 0 Å². The smallest absolute Gasteiger partial charge is 0.259 e. The van der Waals surface area contributed by atoms with E-state index in [1.54, 1.807) is 12.1 Å². The first-order valence-electron chi connectivity index (χ1n) is 4.18. The minimum atomic E-state index is -0.324. The SMILES string of the molecule is NNc1ccc(C(=O)Nc2nnns2)cn1. The van der Waals surface area contributed by atoms with Crippen LogP contribution in [0.25, 0.3) is 0 Å². The van der Waals surface area contributed by atoms with E-state index >= 15 is 0 Å². The van der Waals surface area contributed by atoms with Crippen molar-refractivity contribution in [3.63, 3.8) is 0 Å². The second-order valence-corrected chi connectivity index (χ2v) is 3.43. The van der Waals surface area contributed by atoms with Gasteiger partial charge in [-0.25, -0.2) is 10.8 Å². The van der Waals surface area contributed by atoms with E-state index in [0.717, 1.165) is 11.5 Å². The van der Waals surface area contributed by atoms with Crippen LogP contribution in [0, 0.1) is 0 Å². The standard InChI is InChI=1S/C7H7N7OS/c8-11-5-2-1-4(3-9-5)6(15)10-7-12-13-14-16-7/h1-3H,8H2,(H,9,11)(H,10,12,14,15). The Hall–Kier alpha value is -2.13. The molecule has 0 aromatic carbocycles. The summed E-state index contributed by atoms with van der Waals surface area (Å²) in [4.78, 5) is 15.5. The fourth-order valence-electron chi connectivity index (χ4n) is 0.965. The van der Waals surface area contributed by atoms with Crippen molar-refractivity contribution in [2.45, 2.75) is 0 Å². The van der Waals surface area contributed by atoms with Crippen LogP contribution in [0.4, 0.5) is 10.9 Å². The lowest BCUT2D eigenvalue weighted by molar-refractivity contribution is 0.102. The highest BCUT2D eigenvalue weighted by atomic mass is 32.1. The molecule has 2 aromatic heterocycles. The molecule has 4 N–H and O–H groups in total. The van der Waals surface area contributed by atoms with Crippen molar-refractivity contribution >= 4 is 28.4 Å². The molecule has 0 bridgehead atoms. The van der Waals surface area contributed by atoms with E-state index in [0.29, 0.717) is 16.5 Å². The molecule has 16 heavy (non-hydrogen) atoms. The number of carbonyl (C=O) groups is 1. The Balaban J connectivity index is 2.09. The molecule has 1 amide bonds. The molecule has 8 nitrogen and oxygen atoms in total. The number of carbonyl (C=O) groups excluding carboxylic acids is 1. The Bertz CT molecular complexity index is 468. The number of hydrogen-bond donors (Lipinski definition) is 3. The molecule has 0 unspecified atom stereocenters. The van der Waals surface area contributed by atoms with Gasteiger partial charge in [0.15, 0.2) is 0 Å². The molecule has 0 aliphatic rings. The number of aromatic nitrogens is 4. The number of hydrogen-bond acceptors (Lipinski definition) is 8. The van der Waals surface area contributed by atoms with Crippen molar-refractivity contribution in [3.8, 4) is 0 Å². The first-order chi connectivity index (χ1) is 7.79. The highest BCUT2D eigenvalue weighted by molar-refractivity contribution is 7.09. The Kier molecular flexibility index (Phi) is 2.98. The summed E-state index contributed by atoms with van der Waals surface area (Å²) < 4.78 is 3.52. The summed E-state index contributed by atoms with van der Waals surface area (Å²) >= 11 is 0.997. The van der Waals surface area contributed by atoms with E-state index in [9.17, 15) is 4.79 Å². The largest absolute Gasteiger partial charge is 0.308 e. The number of nitrogens with two attached hydrogens (primary N) is 1. The van der Waals surface area contributed by atoms with Crippen molar-refractivity contribution in [2.24, 2.45) is 5.84 Å². The van der Waals surface area contributed by atoms with Crippen molar-refractivity contribution < 1.29 is 4.79 Å². The van der Waals surface area contributed by atoms with Gasteiger partial charge in [0.1, 0.15) is 5.82 Å². The number of amides is 1. The van der Waals surface area contributed by atoms with Crippen LogP contribution < -0.4 is 16.6 Å². The third-order valence-corrected chi connectivity index (χ3v) is 2.20. The maximum atomic E-state index is 11.6. The molecule has 2 rings (SSSR count). The van der Waals surface area contributed by atoms with Crippen LogP contribution in [0.1, 0.15) is 10.4 Å². The monoisotopic (exact) mass is 237 g/mol. The van der Waals surface area contributed by atoms with Gasteiger partial charge in [-0.2, -0.15) is 0 Å². The molecule has 0 aliphatic heterocycles. The first-order valence-corrected chi connectivity index (χ1v) is 4.96. The predicted octanol–water partition coefficient (Wildman–Crippen LogP) is -0.134. The fraction of sp³-hybridized carbons (Fsp3) is 0. The maximum Gasteiger partial charge on any atom is 0.259 e. The maximum absolute atomic E-state index is 11.6. The van der Waals surface area contributed by atoms with Crippen LogP contribution in [0.15, 0.2) is 18.3 Å². The zero-order chi connectivity index (χ0) is 11.4. The summed E-state index contributed by atoms with van der Waals surface area (Å²) in [5.41, 5.74) is 2.76. The number of nitrogens with one attached hydrogen (secondary N) is 2. The molecule has 0 aliphatic carbocycles. The van der Waals surface area contributed by atoms with Gasteiger partial charge in [-0.1, -0.05) is 9.59 Å². The van der Waals surface area contributed by atoms with Crippen LogP contribution in [0.5, 0.6) is 0 Å². The van der Waals surface area contributed by atoms with Gasteiger partial charge in [0.05, 0.1) is 5.56 Å². The number of nitrogen functional groups attached to an aromatic ring is 1. The summed E-state index contributed by atoms with van der Waals surface area (Å²) in [7, 11) is 0. The van der Waals surface area contributed by atoms with Crippen LogP contribution in [0.2, 0.25) is 0 Å². The lowest BCUT2D eigenvalue weighted by atomic mass is 10.2. The molecule has 0 spiro atoms. The van der Waals surface area contributed by atoms with Gasteiger partial charge in [0.2, 0.25) is 5.13 Å². The quantitative estimate of drug-likeness (QED) is 0.502. The summed E-state index contributed by atoms with van der Waals surface area (Å²) in [5, 5.41) is 9.81. The average Bonchev–Trinajstić information content (AvgIpc) is 2.82. The molecular weight excluding hydrogens is 230 g/mol. The first kappa shape index (κ1) is 10.4. The van der Waals surface area contributed by atoms with Crippen molar-refractivity contribution in [2.75, 3.05) is 10.7 Å². The molecule has 82 valence electrons. The number of anilines is 2. The zero-order valence-electron chi connectivity index (χ0n) is 7.91. The number of rotatable bonds is 3. The minimum absolute atomic E-state index is 0.324. The second-order valence-electron chi connectivity index (χ2n) is 2.70. The molecule has 0 fully saturated rings. The normalized spacial score (nSPS) is 9.81. The Labute approximate surface area is 94.0 Å². The number of nitrogens with zero attached hydrogens (tertiary/aromatic N) is 4. The number of pyridine rings is 1. The van der Waals surface area contributed by atoms with Crippen molar-refractivity contribution in [1.82, 2.24) is 19.8 Å². The highest BCUT2D eigenvalue weighted by Gasteiger charge is 2.08. The fourth-order valence-corrected chi connectivity index (χ4v) is 1.33. The van der Waals surface area contributed by atoms with E-state index in [2.05, 4.69) is 30.5 Å².